The maximum atomic E-state index is 11.9. The minimum Gasteiger partial charge on any atom is -0.462 e. The molecular weight excluding hydrogens is 242 g/mol. The highest BCUT2D eigenvalue weighted by molar-refractivity contribution is 5.89. The average Bonchev–Trinajstić information content (AvgIpc) is 2.40. The number of esters is 1. The zero-order valence-electron chi connectivity index (χ0n) is 11.3. The number of rotatable bonds is 3. The Bertz CT molecular complexity index is 545. The monoisotopic (exact) mass is 261 g/mol. The van der Waals surface area contributed by atoms with Gasteiger partial charge in [0.25, 0.3) is 5.56 Å². The summed E-state index contributed by atoms with van der Waals surface area (Å²) in [5.74, 6) is 0.487. The first-order valence-corrected chi connectivity index (χ1v) is 6.56. The molecule has 0 spiro atoms. The summed E-state index contributed by atoms with van der Waals surface area (Å²) >= 11 is 0. The minimum atomic E-state index is -0.417. The van der Waals surface area contributed by atoms with E-state index in [0.717, 1.165) is 12.8 Å². The van der Waals surface area contributed by atoms with Gasteiger partial charge >= 0.3 is 5.97 Å². The first kappa shape index (κ1) is 13.6. The molecule has 1 aromatic heterocycles. The third kappa shape index (κ3) is 3.34. The van der Waals surface area contributed by atoms with Crippen LogP contribution in [0.4, 0.5) is 0 Å². The van der Waals surface area contributed by atoms with Crippen LogP contribution in [0.25, 0.3) is 0 Å². The average molecular weight is 261 g/mol. The molecule has 1 heterocycles. The second-order valence-electron chi connectivity index (χ2n) is 5.14. The van der Waals surface area contributed by atoms with Crippen molar-refractivity contribution in [1.82, 2.24) is 4.57 Å². The summed E-state index contributed by atoms with van der Waals surface area (Å²) in [6.45, 7) is 2.58. The van der Waals surface area contributed by atoms with Gasteiger partial charge in [0.05, 0.1) is 12.2 Å². The van der Waals surface area contributed by atoms with Crippen LogP contribution in [0.2, 0.25) is 0 Å². The molecule has 0 aliphatic heterocycles. The molecule has 1 aliphatic rings. The topological polar surface area (TPSA) is 48.3 Å². The molecular formula is C15H19NO3. The lowest BCUT2D eigenvalue weighted by molar-refractivity contribution is 0.0395. The summed E-state index contributed by atoms with van der Waals surface area (Å²) in [5, 5.41) is 0. The van der Waals surface area contributed by atoms with Crippen molar-refractivity contribution in [3.63, 3.8) is 0 Å². The van der Waals surface area contributed by atoms with Crippen molar-refractivity contribution in [2.75, 3.05) is 6.61 Å². The van der Waals surface area contributed by atoms with Gasteiger partial charge in [-0.2, -0.15) is 0 Å². The standard InChI is InChI=1S/C15H19NO3/c1-11-5-3-4-6-13(11)10-19-15(18)12-7-8-16(2)14(17)9-12/h3-4,7-9,11,13H,5-6,10H2,1-2H3. The summed E-state index contributed by atoms with van der Waals surface area (Å²) in [6.07, 6.45) is 7.87. The first-order valence-electron chi connectivity index (χ1n) is 6.56. The number of aryl methyl sites for hydroxylation is 1. The number of carbonyl (C=O) groups is 1. The van der Waals surface area contributed by atoms with Crippen molar-refractivity contribution in [2.24, 2.45) is 18.9 Å². The van der Waals surface area contributed by atoms with Crippen LogP contribution in [0.3, 0.4) is 0 Å². The zero-order valence-corrected chi connectivity index (χ0v) is 11.3. The number of hydrogen-bond acceptors (Lipinski definition) is 3. The second kappa shape index (κ2) is 5.87. The van der Waals surface area contributed by atoms with Crippen LogP contribution in [0.1, 0.15) is 30.1 Å². The van der Waals surface area contributed by atoms with Crippen LogP contribution in [0, 0.1) is 11.8 Å². The number of hydrogen-bond donors (Lipinski definition) is 0. The van der Waals surface area contributed by atoms with Gasteiger partial charge in [0, 0.05) is 19.3 Å². The van der Waals surface area contributed by atoms with Gasteiger partial charge in [-0.1, -0.05) is 19.1 Å². The number of pyridine rings is 1. The summed E-state index contributed by atoms with van der Waals surface area (Å²) < 4.78 is 6.73. The van der Waals surface area contributed by atoms with Gasteiger partial charge in [0.15, 0.2) is 0 Å². The highest BCUT2D eigenvalue weighted by atomic mass is 16.5. The summed E-state index contributed by atoms with van der Waals surface area (Å²) in [6, 6.07) is 2.92. The Hall–Kier alpha value is -1.84. The maximum Gasteiger partial charge on any atom is 0.338 e. The molecule has 0 aromatic carbocycles. The van der Waals surface area contributed by atoms with Crippen molar-refractivity contribution >= 4 is 5.97 Å². The molecule has 0 saturated carbocycles. The van der Waals surface area contributed by atoms with Crippen LogP contribution in [-0.4, -0.2) is 17.1 Å². The maximum absolute atomic E-state index is 11.9. The van der Waals surface area contributed by atoms with Crippen molar-refractivity contribution < 1.29 is 9.53 Å². The fraction of sp³-hybridized carbons (Fsp3) is 0.467. The summed E-state index contributed by atoms with van der Waals surface area (Å²) in [5.41, 5.74) is 0.116. The van der Waals surface area contributed by atoms with Crippen LogP contribution < -0.4 is 5.56 Å². The molecule has 0 fully saturated rings. The molecule has 2 unspecified atom stereocenters. The third-order valence-electron chi connectivity index (χ3n) is 3.69. The fourth-order valence-electron chi connectivity index (χ4n) is 2.18. The van der Waals surface area contributed by atoms with E-state index in [1.165, 1.54) is 10.6 Å². The van der Waals surface area contributed by atoms with Gasteiger partial charge in [0.1, 0.15) is 0 Å². The van der Waals surface area contributed by atoms with Crippen molar-refractivity contribution in [3.8, 4) is 0 Å². The van der Waals surface area contributed by atoms with E-state index in [4.69, 9.17) is 4.74 Å². The van der Waals surface area contributed by atoms with Crippen molar-refractivity contribution in [2.45, 2.75) is 19.8 Å². The van der Waals surface area contributed by atoms with E-state index < -0.39 is 5.97 Å². The Labute approximate surface area is 112 Å². The zero-order chi connectivity index (χ0) is 13.8. The molecule has 1 aliphatic carbocycles. The largest absolute Gasteiger partial charge is 0.462 e. The van der Waals surface area contributed by atoms with Gasteiger partial charge in [-0.3, -0.25) is 4.79 Å². The van der Waals surface area contributed by atoms with Crippen LogP contribution in [0.15, 0.2) is 35.3 Å². The van der Waals surface area contributed by atoms with E-state index in [0.29, 0.717) is 24.0 Å². The number of carbonyl (C=O) groups excluding carboxylic acids is 1. The number of allylic oxidation sites excluding steroid dienone is 2. The molecule has 0 radical (unpaired) electrons. The quantitative estimate of drug-likeness (QED) is 0.618. The molecule has 0 N–H and O–H groups in total. The van der Waals surface area contributed by atoms with E-state index in [1.54, 1.807) is 19.3 Å². The Kier molecular flexibility index (Phi) is 4.20. The van der Waals surface area contributed by atoms with E-state index in [2.05, 4.69) is 19.1 Å². The Morgan fingerprint density at radius 2 is 2.16 bits per heavy atom. The number of nitrogens with zero attached hydrogens (tertiary/aromatic N) is 1. The van der Waals surface area contributed by atoms with Crippen molar-refractivity contribution in [3.05, 3.63) is 46.4 Å². The molecule has 2 rings (SSSR count). The van der Waals surface area contributed by atoms with E-state index >= 15 is 0 Å². The lowest BCUT2D eigenvalue weighted by atomic mass is 9.85. The van der Waals surface area contributed by atoms with Gasteiger partial charge in [-0.05, 0) is 30.7 Å². The van der Waals surface area contributed by atoms with Crippen LogP contribution in [0.5, 0.6) is 0 Å². The lowest BCUT2D eigenvalue weighted by Crippen LogP contribution is -2.23. The third-order valence-corrected chi connectivity index (χ3v) is 3.69. The molecule has 1 aromatic rings. The molecule has 0 amide bonds. The van der Waals surface area contributed by atoms with Gasteiger partial charge in [-0.25, -0.2) is 4.79 Å². The molecule has 4 heteroatoms. The molecule has 4 nitrogen and oxygen atoms in total. The summed E-state index contributed by atoms with van der Waals surface area (Å²) in [4.78, 5) is 23.3. The second-order valence-corrected chi connectivity index (χ2v) is 5.14. The van der Waals surface area contributed by atoms with Gasteiger partial charge in [-0.15, -0.1) is 0 Å². The van der Waals surface area contributed by atoms with Crippen molar-refractivity contribution in [1.29, 1.82) is 0 Å². The van der Waals surface area contributed by atoms with Crippen LogP contribution >= 0.6 is 0 Å². The molecule has 102 valence electrons. The Morgan fingerprint density at radius 1 is 1.42 bits per heavy atom. The smallest absolute Gasteiger partial charge is 0.338 e. The Balaban J connectivity index is 1.95. The van der Waals surface area contributed by atoms with E-state index in [1.807, 2.05) is 0 Å². The molecule has 0 saturated heterocycles. The van der Waals surface area contributed by atoms with E-state index in [-0.39, 0.29) is 5.56 Å². The highest BCUT2D eigenvalue weighted by Gasteiger charge is 2.20. The lowest BCUT2D eigenvalue weighted by Gasteiger charge is -2.24. The predicted molar refractivity (Wildman–Crippen MR) is 73.0 cm³/mol. The van der Waals surface area contributed by atoms with Gasteiger partial charge in [0.2, 0.25) is 0 Å². The number of ether oxygens (including phenoxy) is 1. The molecule has 2 atom stereocenters. The SMILES string of the molecule is CC1CC=CCC1COC(=O)c1ccn(C)c(=O)c1. The Morgan fingerprint density at radius 3 is 2.84 bits per heavy atom. The molecule has 0 bridgehead atoms. The van der Waals surface area contributed by atoms with Gasteiger partial charge < -0.3 is 9.30 Å². The normalized spacial score (nSPS) is 22.2. The van der Waals surface area contributed by atoms with E-state index in [9.17, 15) is 9.59 Å². The van der Waals surface area contributed by atoms with Crippen LogP contribution in [-0.2, 0) is 11.8 Å². The number of aromatic nitrogens is 1. The molecule has 19 heavy (non-hydrogen) atoms. The summed E-state index contributed by atoms with van der Waals surface area (Å²) in [7, 11) is 1.65. The first-order chi connectivity index (χ1) is 9.08. The highest BCUT2D eigenvalue weighted by Crippen LogP contribution is 2.25. The predicted octanol–water partition coefficient (Wildman–Crippen LogP) is 2.14. The minimum absolute atomic E-state index is 0.205. The fourth-order valence-corrected chi connectivity index (χ4v) is 2.18.